The lowest BCUT2D eigenvalue weighted by Crippen LogP contribution is -2.20. The standard InChI is InChI=1S/C17H20N2OS/c1-13-10-11-21-16(13)8-9-17(20)18-12-14-4-6-15(7-5-14)19(2)3/h4-11H,12H2,1-3H3,(H,18,20)/b9-8+. The second-order valence-corrected chi connectivity index (χ2v) is 6.03. The Kier molecular flexibility index (Phi) is 5.17. The zero-order chi connectivity index (χ0) is 15.2. The van der Waals surface area contributed by atoms with Crippen LogP contribution in [-0.4, -0.2) is 20.0 Å². The fourth-order valence-corrected chi connectivity index (χ4v) is 2.69. The molecule has 4 heteroatoms. The van der Waals surface area contributed by atoms with Gasteiger partial charge in [-0.05, 0) is 47.7 Å². The number of aryl methyl sites for hydroxylation is 1. The Morgan fingerprint density at radius 1 is 1.24 bits per heavy atom. The topological polar surface area (TPSA) is 32.3 Å². The summed E-state index contributed by atoms with van der Waals surface area (Å²) >= 11 is 1.64. The lowest BCUT2D eigenvalue weighted by Gasteiger charge is -2.12. The van der Waals surface area contributed by atoms with Crippen LogP contribution in [0.15, 0.2) is 41.8 Å². The quantitative estimate of drug-likeness (QED) is 0.858. The van der Waals surface area contributed by atoms with Gasteiger partial charge in [0.25, 0.3) is 0 Å². The maximum atomic E-state index is 11.8. The van der Waals surface area contributed by atoms with Gasteiger partial charge in [0, 0.05) is 37.3 Å². The van der Waals surface area contributed by atoms with E-state index in [1.807, 2.05) is 56.7 Å². The molecule has 0 bridgehead atoms. The number of carbonyl (C=O) groups excluding carboxylic acids is 1. The fraction of sp³-hybridized carbons (Fsp3) is 0.235. The summed E-state index contributed by atoms with van der Waals surface area (Å²) in [5, 5.41) is 4.92. The van der Waals surface area contributed by atoms with Crippen molar-refractivity contribution in [3.63, 3.8) is 0 Å². The molecule has 1 aromatic carbocycles. The van der Waals surface area contributed by atoms with Crippen molar-refractivity contribution in [2.24, 2.45) is 0 Å². The molecule has 0 unspecified atom stereocenters. The summed E-state index contributed by atoms with van der Waals surface area (Å²) in [6.07, 6.45) is 3.46. The van der Waals surface area contributed by atoms with Crippen LogP contribution in [0.3, 0.4) is 0 Å². The smallest absolute Gasteiger partial charge is 0.244 e. The van der Waals surface area contributed by atoms with Gasteiger partial charge in [-0.15, -0.1) is 11.3 Å². The highest BCUT2D eigenvalue weighted by atomic mass is 32.1. The summed E-state index contributed by atoms with van der Waals surface area (Å²) in [6.45, 7) is 2.58. The van der Waals surface area contributed by atoms with Crippen LogP contribution in [0.2, 0.25) is 0 Å². The number of amides is 1. The van der Waals surface area contributed by atoms with Gasteiger partial charge in [-0.3, -0.25) is 4.79 Å². The minimum absolute atomic E-state index is 0.0699. The van der Waals surface area contributed by atoms with Crippen LogP contribution in [0.5, 0.6) is 0 Å². The third-order valence-electron chi connectivity index (χ3n) is 3.21. The highest BCUT2D eigenvalue weighted by molar-refractivity contribution is 7.11. The second-order valence-electron chi connectivity index (χ2n) is 5.08. The Labute approximate surface area is 129 Å². The maximum Gasteiger partial charge on any atom is 0.244 e. The van der Waals surface area contributed by atoms with E-state index in [1.165, 1.54) is 5.56 Å². The zero-order valence-corrected chi connectivity index (χ0v) is 13.4. The number of nitrogens with one attached hydrogen (secondary N) is 1. The normalized spacial score (nSPS) is 10.8. The van der Waals surface area contributed by atoms with E-state index < -0.39 is 0 Å². The second kappa shape index (κ2) is 7.09. The van der Waals surface area contributed by atoms with E-state index in [0.717, 1.165) is 16.1 Å². The number of hydrogen-bond acceptors (Lipinski definition) is 3. The molecule has 1 heterocycles. The first kappa shape index (κ1) is 15.3. The lowest BCUT2D eigenvalue weighted by molar-refractivity contribution is -0.116. The zero-order valence-electron chi connectivity index (χ0n) is 12.6. The van der Waals surface area contributed by atoms with E-state index in [2.05, 4.69) is 16.3 Å². The van der Waals surface area contributed by atoms with E-state index >= 15 is 0 Å². The van der Waals surface area contributed by atoms with Crippen LogP contribution in [0.1, 0.15) is 16.0 Å². The molecule has 0 aliphatic rings. The third kappa shape index (κ3) is 4.46. The lowest BCUT2D eigenvalue weighted by atomic mass is 10.2. The Balaban J connectivity index is 1.86. The highest BCUT2D eigenvalue weighted by Crippen LogP contribution is 2.17. The number of nitrogens with zero attached hydrogens (tertiary/aromatic N) is 1. The van der Waals surface area contributed by atoms with Gasteiger partial charge in [0.2, 0.25) is 5.91 Å². The summed E-state index contributed by atoms with van der Waals surface area (Å²) in [5.74, 6) is -0.0699. The van der Waals surface area contributed by atoms with E-state index in [0.29, 0.717) is 6.54 Å². The Morgan fingerprint density at radius 2 is 1.95 bits per heavy atom. The van der Waals surface area contributed by atoms with Crippen molar-refractivity contribution in [3.8, 4) is 0 Å². The first-order valence-corrected chi connectivity index (χ1v) is 7.70. The Hall–Kier alpha value is -2.07. The van der Waals surface area contributed by atoms with Crippen LogP contribution in [-0.2, 0) is 11.3 Å². The molecular weight excluding hydrogens is 280 g/mol. The summed E-state index contributed by atoms with van der Waals surface area (Å²) in [7, 11) is 4.02. The molecule has 2 aromatic rings. The van der Waals surface area contributed by atoms with Gasteiger partial charge < -0.3 is 10.2 Å². The average molecular weight is 300 g/mol. The van der Waals surface area contributed by atoms with E-state index in [4.69, 9.17) is 0 Å². The maximum absolute atomic E-state index is 11.8. The number of carbonyl (C=O) groups is 1. The van der Waals surface area contributed by atoms with E-state index in [1.54, 1.807) is 17.4 Å². The van der Waals surface area contributed by atoms with Crippen molar-refractivity contribution in [1.82, 2.24) is 5.32 Å². The van der Waals surface area contributed by atoms with Gasteiger partial charge in [-0.2, -0.15) is 0 Å². The predicted octanol–water partition coefficient (Wildman–Crippen LogP) is 3.45. The largest absolute Gasteiger partial charge is 0.378 e. The molecule has 1 aromatic heterocycles. The fourth-order valence-electron chi connectivity index (χ4n) is 1.87. The molecule has 3 nitrogen and oxygen atoms in total. The van der Waals surface area contributed by atoms with Crippen LogP contribution < -0.4 is 10.2 Å². The molecule has 0 radical (unpaired) electrons. The van der Waals surface area contributed by atoms with Crippen LogP contribution in [0, 0.1) is 6.92 Å². The number of thiophene rings is 1. The highest BCUT2D eigenvalue weighted by Gasteiger charge is 2.00. The van der Waals surface area contributed by atoms with Crippen molar-refractivity contribution >= 4 is 29.0 Å². The third-order valence-corrected chi connectivity index (χ3v) is 4.19. The molecule has 0 atom stereocenters. The minimum atomic E-state index is -0.0699. The average Bonchev–Trinajstić information content (AvgIpc) is 2.88. The van der Waals surface area contributed by atoms with E-state index in [-0.39, 0.29) is 5.91 Å². The molecule has 0 saturated carbocycles. The predicted molar refractivity (Wildman–Crippen MR) is 90.7 cm³/mol. The molecule has 110 valence electrons. The van der Waals surface area contributed by atoms with Crippen molar-refractivity contribution in [2.75, 3.05) is 19.0 Å². The molecular formula is C17H20N2OS. The molecule has 0 aliphatic carbocycles. The van der Waals surface area contributed by atoms with Gasteiger partial charge in [0.05, 0.1) is 0 Å². The molecule has 1 N–H and O–H groups in total. The Morgan fingerprint density at radius 3 is 2.52 bits per heavy atom. The van der Waals surface area contributed by atoms with Gasteiger partial charge in [0.1, 0.15) is 0 Å². The Bertz CT molecular complexity index is 626. The van der Waals surface area contributed by atoms with Crippen LogP contribution in [0.25, 0.3) is 6.08 Å². The number of hydrogen-bond donors (Lipinski definition) is 1. The molecule has 1 amide bonds. The van der Waals surface area contributed by atoms with Crippen LogP contribution in [0.4, 0.5) is 5.69 Å². The van der Waals surface area contributed by atoms with Crippen molar-refractivity contribution < 1.29 is 4.79 Å². The molecule has 2 rings (SSSR count). The minimum Gasteiger partial charge on any atom is -0.378 e. The molecule has 0 aliphatic heterocycles. The van der Waals surface area contributed by atoms with Crippen LogP contribution >= 0.6 is 11.3 Å². The SMILES string of the molecule is Cc1ccsc1/C=C/C(=O)NCc1ccc(N(C)C)cc1. The van der Waals surface area contributed by atoms with Gasteiger partial charge in [-0.1, -0.05) is 12.1 Å². The van der Waals surface area contributed by atoms with E-state index in [9.17, 15) is 4.79 Å². The first-order chi connectivity index (χ1) is 10.1. The summed E-state index contributed by atoms with van der Waals surface area (Å²) in [4.78, 5) is 15.0. The summed E-state index contributed by atoms with van der Waals surface area (Å²) in [6, 6.07) is 10.2. The molecule has 0 fully saturated rings. The first-order valence-electron chi connectivity index (χ1n) is 6.82. The monoisotopic (exact) mass is 300 g/mol. The molecule has 0 spiro atoms. The molecule has 0 saturated heterocycles. The van der Waals surface area contributed by atoms with Crippen molar-refractivity contribution in [2.45, 2.75) is 13.5 Å². The summed E-state index contributed by atoms with van der Waals surface area (Å²) < 4.78 is 0. The van der Waals surface area contributed by atoms with Gasteiger partial charge in [0.15, 0.2) is 0 Å². The molecule has 21 heavy (non-hydrogen) atoms. The number of benzene rings is 1. The number of rotatable bonds is 5. The summed E-state index contributed by atoms with van der Waals surface area (Å²) in [5.41, 5.74) is 3.44. The van der Waals surface area contributed by atoms with Crippen molar-refractivity contribution in [3.05, 3.63) is 57.8 Å². The van der Waals surface area contributed by atoms with Gasteiger partial charge >= 0.3 is 0 Å². The number of anilines is 1. The van der Waals surface area contributed by atoms with Crippen molar-refractivity contribution in [1.29, 1.82) is 0 Å². The van der Waals surface area contributed by atoms with Gasteiger partial charge in [-0.25, -0.2) is 0 Å².